The van der Waals surface area contributed by atoms with Crippen molar-refractivity contribution in [3.05, 3.63) is 29.5 Å². The number of hydrogen-bond donors (Lipinski definition) is 0. The molecule has 1 aromatic carbocycles. The van der Waals surface area contributed by atoms with Crippen molar-refractivity contribution in [2.24, 2.45) is 0 Å². The van der Waals surface area contributed by atoms with E-state index in [1.165, 1.54) is 0 Å². The maximum Gasteiger partial charge on any atom is 0.270 e. The van der Waals surface area contributed by atoms with E-state index < -0.39 is 0 Å². The Morgan fingerprint density at radius 3 is 2.73 bits per heavy atom. The SMILES string of the molecule is Fc1nc2ccccc2s1.O. The van der Waals surface area contributed by atoms with Crippen LogP contribution in [0, 0.1) is 5.26 Å². The van der Waals surface area contributed by atoms with Gasteiger partial charge in [-0.2, -0.15) is 4.39 Å². The van der Waals surface area contributed by atoms with Crippen molar-refractivity contribution in [1.82, 2.24) is 4.98 Å². The molecule has 0 spiro atoms. The fraction of sp³-hybridized carbons (Fsp3) is 0. The zero-order valence-corrected chi connectivity index (χ0v) is 6.36. The second-order valence-electron chi connectivity index (χ2n) is 1.93. The predicted octanol–water partition coefficient (Wildman–Crippen LogP) is 1.61. The lowest BCUT2D eigenvalue weighted by atomic mass is 10.3. The molecule has 4 heteroatoms. The Balaban J connectivity index is 0.000000605. The first-order valence-corrected chi connectivity index (χ1v) is 3.69. The van der Waals surface area contributed by atoms with Crippen LogP contribution in [0.3, 0.4) is 0 Å². The summed E-state index contributed by atoms with van der Waals surface area (Å²) in [5.41, 5.74) is 0.741. The van der Waals surface area contributed by atoms with Crippen LogP contribution in [0.4, 0.5) is 4.39 Å². The monoisotopic (exact) mass is 171 g/mol. The number of rotatable bonds is 0. The van der Waals surface area contributed by atoms with E-state index in [0.29, 0.717) is 0 Å². The van der Waals surface area contributed by atoms with Gasteiger partial charge in [0.25, 0.3) is 5.26 Å². The minimum Gasteiger partial charge on any atom is -0.412 e. The average Bonchev–Trinajstić information content (AvgIpc) is 2.27. The highest BCUT2D eigenvalue weighted by Crippen LogP contribution is 2.19. The molecule has 2 nitrogen and oxygen atoms in total. The van der Waals surface area contributed by atoms with Crippen LogP contribution in [0.25, 0.3) is 10.2 Å². The van der Waals surface area contributed by atoms with E-state index >= 15 is 0 Å². The van der Waals surface area contributed by atoms with Gasteiger partial charge >= 0.3 is 0 Å². The van der Waals surface area contributed by atoms with Gasteiger partial charge in [-0.05, 0) is 12.1 Å². The van der Waals surface area contributed by atoms with Crippen LogP contribution in [0.2, 0.25) is 0 Å². The molecule has 0 aliphatic rings. The highest BCUT2D eigenvalue weighted by molar-refractivity contribution is 7.17. The summed E-state index contributed by atoms with van der Waals surface area (Å²) in [4.78, 5) is 3.66. The lowest BCUT2D eigenvalue weighted by Crippen LogP contribution is -1.65. The topological polar surface area (TPSA) is 44.4 Å². The molecule has 0 aliphatic heterocycles. The van der Waals surface area contributed by atoms with Gasteiger partial charge in [-0.15, -0.1) is 0 Å². The smallest absolute Gasteiger partial charge is 0.270 e. The molecule has 0 radical (unpaired) electrons. The number of aromatic nitrogens is 1. The van der Waals surface area contributed by atoms with E-state index in [1.54, 1.807) is 6.07 Å². The molecule has 0 bridgehead atoms. The molecule has 0 unspecified atom stereocenters. The van der Waals surface area contributed by atoms with Crippen LogP contribution < -0.4 is 0 Å². The molecule has 1 heterocycles. The zero-order chi connectivity index (χ0) is 6.97. The fourth-order valence-electron chi connectivity index (χ4n) is 0.844. The zero-order valence-electron chi connectivity index (χ0n) is 5.54. The highest BCUT2D eigenvalue weighted by Gasteiger charge is 1.98. The summed E-state index contributed by atoms with van der Waals surface area (Å²) in [6.07, 6.45) is 0. The van der Waals surface area contributed by atoms with E-state index in [-0.39, 0.29) is 10.7 Å². The molecule has 1 aromatic heterocycles. The number of fused-ring (bicyclic) bond motifs is 1. The Hall–Kier alpha value is -1.00. The van der Waals surface area contributed by atoms with Crippen molar-refractivity contribution >= 4 is 21.6 Å². The predicted molar refractivity (Wildman–Crippen MR) is 43.2 cm³/mol. The Labute approximate surface area is 66.6 Å². The van der Waals surface area contributed by atoms with Gasteiger partial charge in [-0.3, -0.25) is 0 Å². The van der Waals surface area contributed by atoms with Gasteiger partial charge in [0.05, 0.1) is 10.2 Å². The van der Waals surface area contributed by atoms with Crippen molar-refractivity contribution in [2.75, 3.05) is 0 Å². The summed E-state index contributed by atoms with van der Waals surface area (Å²) in [5, 5.41) is -0.360. The van der Waals surface area contributed by atoms with Crippen LogP contribution in [0.5, 0.6) is 0 Å². The summed E-state index contributed by atoms with van der Waals surface area (Å²) in [7, 11) is 0. The average molecular weight is 171 g/mol. The van der Waals surface area contributed by atoms with Gasteiger partial charge in [0, 0.05) is 0 Å². The van der Waals surface area contributed by atoms with E-state index in [2.05, 4.69) is 4.98 Å². The van der Waals surface area contributed by atoms with E-state index in [9.17, 15) is 4.39 Å². The van der Waals surface area contributed by atoms with Gasteiger partial charge in [0.15, 0.2) is 0 Å². The Morgan fingerprint density at radius 1 is 1.27 bits per heavy atom. The van der Waals surface area contributed by atoms with Crippen molar-refractivity contribution < 1.29 is 9.87 Å². The first-order valence-electron chi connectivity index (χ1n) is 2.87. The number of nitrogens with zero attached hydrogens (tertiary/aromatic N) is 1. The maximum atomic E-state index is 12.4. The summed E-state index contributed by atoms with van der Waals surface area (Å²) in [6.45, 7) is 0. The number of halogens is 1. The lowest BCUT2D eigenvalue weighted by molar-refractivity contribution is 0.620. The van der Waals surface area contributed by atoms with Gasteiger partial charge in [0.2, 0.25) is 0 Å². The first kappa shape index (κ1) is 8.10. The number of hydrogen-bond acceptors (Lipinski definition) is 2. The minimum atomic E-state index is -0.360. The van der Waals surface area contributed by atoms with Gasteiger partial charge in [-0.25, -0.2) is 4.98 Å². The van der Waals surface area contributed by atoms with Crippen molar-refractivity contribution in [2.45, 2.75) is 0 Å². The van der Waals surface area contributed by atoms with Crippen molar-refractivity contribution in [3.8, 4) is 0 Å². The summed E-state index contributed by atoms with van der Waals surface area (Å²) < 4.78 is 13.3. The molecule has 0 fully saturated rings. The van der Waals surface area contributed by atoms with E-state index in [4.69, 9.17) is 0 Å². The second kappa shape index (κ2) is 2.94. The lowest BCUT2D eigenvalue weighted by Gasteiger charge is -1.80. The highest BCUT2D eigenvalue weighted by atomic mass is 32.1. The molecule has 2 N–H and O–H groups in total. The van der Waals surface area contributed by atoms with Crippen LogP contribution in [0.1, 0.15) is 0 Å². The third-order valence-electron chi connectivity index (χ3n) is 1.27. The van der Waals surface area contributed by atoms with Crippen molar-refractivity contribution in [3.63, 3.8) is 0 Å². The molecule has 2 aromatic rings. The summed E-state index contributed by atoms with van der Waals surface area (Å²) in [6, 6.07) is 7.38. The quantitative estimate of drug-likeness (QED) is 0.593. The standard InChI is InChI=1S/C7H4FNS.H2O/c8-7-9-5-3-1-2-4-6(5)10-7;/h1-4H;1H2. The number of thiazole rings is 1. The first-order chi connectivity index (χ1) is 4.86. The summed E-state index contributed by atoms with van der Waals surface area (Å²) >= 11 is 1.07. The second-order valence-corrected chi connectivity index (χ2v) is 2.92. The van der Waals surface area contributed by atoms with Crippen LogP contribution in [0.15, 0.2) is 24.3 Å². The molecule has 0 aliphatic carbocycles. The molecule has 0 saturated heterocycles. The molecule has 11 heavy (non-hydrogen) atoms. The summed E-state index contributed by atoms with van der Waals surface area (Å²) in [5.74, 6) is 0. The Kier molecular flexibility index (Phi) is 2.16. The fourth-order valence-corrected chi connectivity index (χ4v) is 1.53. The largest absolute Gasteiger partial charge is 0.412 e. The third-order valence-corrected chi connectivity index (χ3v) is 2.09. The number of benzene rings is 1. The van der Waals surface area contributed by atoms with Crippen molar-refractivity contribution in [1.29, 1.82) is 0 Å². The molecule has 0 amide bonds. The molecule has 0 atom stereocenters. The van der Waals surface area contributed by atoms with Crippen LogP contribution >= 0.6 is 11.3 Å². The van der Waals surface area contributed by atoms with E-state index in [0.717, 1.165) is 21.6 Å². The number of para-hydroxylation sites is 1. The van der Waals surface area contributed by atoms with E-state index in [1.807, 2.05) is 18.2 Å². The van der Waals surface area contributed by atoms with Crippen LogP contribution in [-0.4, -0.2) is 10.5 Å². The van der Waals surface area contributed by atoms with Gasteiger partial charge in [-0.1, -0.05) is 23.5 Å². The maximum absolute atomic E-state index is 12.4. The Morgan fingerprint density at radius 2 is 2.00 bits per heavy atom. The Bertz CT molecular complexity index is 327. The van der Waals surface area contributed by atoms with Gasteiger partial charge in [0.1, 0.15) is 0 Å². The van der Waals surface area contributed by atoms with Crippen LogP contribution in [-0.2, 0) is 0 Å². The normalized spacial score (nSPS) is 9.55. The third kappa shape index (κ3) is 1.36. The molecule has 0 saturated carbocycles. The minimum absolute atomic E-state index is 0. The molecule has 58 valence electrons. The van der Waals surface area contributed by atoms with Gasteiger partial charge < -0.3 is 5.48 Å². The molecular weight excluding hydrogens is 165 g/mol. The molecule has 2 rings (SSSR count). The molecular formula is C7H6FNOS.